The molecule has 34 heavy (non-hydrogen) atoms. The lowest BCUT2D eigenvalue weighted by molar-refractivity contribution is 0.0498. The van der Waals surface area contributed by atoms with Crippen molar-refractivity contribution in [3.8, 4) is 27.6 Å². The topological polar surface area (TPSA) is 90.7 Å². The number of pyridine rings is 1. The molecule has 8 heteroatoms. The predicted molar refractivity (Wildman–Crippen MR) is 131 cm³/mol. The highest BCUT2D eigenvalue weighted by Crippen LogP contribution is 2.43. The fourth-order valence-corrected chi connectivity index (χ4v) is 5.53. The lowest BCUT2D eigenvalue weighted by Crippen LogP contribution is -2.28. The van der Waals surface area contributed by atoms with Crippen molar-refractivity contribution in [3.05, 3.63) is 57.3 Å². The number of carboxylic acids is 1. The van der Waals surface area contributed by atoms with E-state index < -0.39 is 11.4 Å². The summed E-state index contributed by atoms with van der Waals surface area (Å²) >= 11 is 1.54. The van der Waals surface area contributed by atoms with Crippen molar-refractivity contribution in [3.63, 3.8) is 0 Å². The molecule has 7 nitrogen and oxygen atoms in total. The second kappa shape index (κ2) is 9.35. The first-order chi connectivity index (χ1) is 16.4. The fourth-order valence-electron chi connectivity index (χ4n) is 4.87. The van der Waals surface area contributed by atoms with Crippen LogP contribution in [0.15, 0.2) is 40.8 Å². The SMILES string of the molecule is CC(C)C1Cc2cc(OCC3CCOCC3)c(-c3nccs3)cc2-c2cc(=O)c(C(=O)O)cn21. The molecule has 0 bridgehead atoms. The van der Waals surface area contributed by atoms with Gasteiger partial charge in [0, 0.05) is 48.7 Å². The van der Waals surface area contributed by atoms with E-state index in [4.69, 9.17) is 9.47 Å². The molecule has 5 rings (SSSR count). The van der Waals surface area contributed by atoms with Crippen molar-refractivity contribution in [1.29, 1.82) is 0 Å². The Morgan fingerprint density at radius 1 is 1.26 bits per heavy atom. The first kappa shape index (κ1) is 22.8. The highest BCUT2D eigenvalue weighted by atomic mass is 32.1. The number of carboxylic acid groups (broad SMARTS) is 1. The number of fused-ring (bicyclic) bond motifs is 3. The van der Waals surface area contributed by atoms with E-state index in [1.807, 2.05) is 9.95 Å². The van der Waals surface area contributed by atoms with Crippen molar-refractivity contribution < 1.29 is 19.4 Å². The van der Waals surface area contributed by atoms with Crippen molar-refractivity contribution in [2.45, 2.75) is 39.2 Å². The van der Waals surface area contributed by atoms with Gasteiger partial charge in [-0.05, 0) is 48.8 Å². The number of rotatable bonds is 6. The van der Waals surface area contributed by atoms with Crippen LogP contribution < -0.4 is 10.2 Å². The molecule has 2 aliphatic heterocycles. The maximum Gasteiger partial charge on any atom is 0.341 e. The minimum atomic E-state index is -1.20. The average molecular weight is 481 g/mol. The zero-order valence-electron chi connectivity index (χ0n) is 19.3. The summed E-state index contributed by atoms with van der Waals surface area (Å²) < 4.78 is 13.8. The largest absolute Gasteiger partial charge is 0.493 e. The third-order valence-corrected chi connectivity index (χ3v) is 7.63. The van der Waals surface area contributed by atoms with E-state index in [-0.39, 0.29) is 17.5 Å². The maximum atomic E-state index is 12.6. The smallest absolute Gasteiger partial charge is 0.341 e. The molecule has 1 aromatic carbocycles. The van der Waals surface area contributed by atoms with Gasteiger partial charge in [0.2, 0.25) is 0 Å². The van der Waals surface area contributed by atoms with Gasteiger partial charge in [0.05, 0.1) is 17.9 Å². The quantitative estimate of drug-likeness (QED) is 0.540. The van der Waals surface area contributed by atoms with Crippen LogP contribution in [-0.2, 0) is 11.2 Å². The van der Waals surface area contributed by atoms with Crippen LogP contribution in [0.5, 0.6) is 5.75 Å². The Morgan fingerprint density at radius 3 is 2.74 bits per heavy atom. The van der Waals surface area contributed by atoms with Gasteiger partial charge in [-0.25, -0.2) is 9.78 Å². The standard InChI is InChI=1S/C26H28N2O5S/c1-15(2)21-9-17-10-24(33-14-16-3-6-32-7-4-16)19(25-27-5-8-34-25)11-18(17)22-12-23(29)20(26(30)31)13-28(21)22/h5,8,10-13,15-16,21H,3-4,6-7,9,14H2,1-2H3,(H,30,31). The van der Waals surface area contributed by atoms with E-state index in [0.29, 0.717) is 12.5 Å². The van der Waals surface area contributed by atoms with Gasteiger partial charge in [-0.2, -0.15) is 0 Å². The number of ether oxygens (including phenoxy) is 2. The summed E-state index contributed by atoms with van der Waals surface area (Å²) in [6.07, 6.45) is 6.00. The van der Waals surface area contributed by atoms with Crippen LogP contribution in [0.2, 0.25) is 0 Å². The predicted octanol–water partition coefficient (Wildman–Crippen LogP) is 4.90. The summed E-state index contributed by atoms with van der Waals surface area (Å²) in [5.41, 5.74) is 2.98. The highest BCUT2D eigenvalue weighted by molar-refractivity contribution is 7.13. The average Bonchev–Trinajstić information content (AvgIpc) is 3.36. The molecule has 3 aromatic rings. The Hall–Kier alpha value is -2.97. The van der Waals surface area contributed by atoms with Gasteiger partial charge >= 0.3 is 5.97 Å². The lowest BCUT2D eigenvalue weighted by Gasteiger charge is -2.34. The maximum absolute atomic E-state index is 12.6. The Kier molecular flexibility index (Phi) is 6.27. The van der Waals surface area contributed by atoms with E-state index in [9.17, 15) is 14.7 Å². The van der Waals surface area contributed by atoms with Gasteiger partial charge in [-0.15, -0.1) is 11.3 Å². The lowest BCUT2D eigenvalue weighted by atomic mass is 9.86. The minimum Gasteiger partial charge on any atom is -0.493 e. The zero-order valence-corrected chi connectivity index (χ0v) is 20.1. The highest BCUT2D eigenvalue weighted by Gasteiger charge is 2.30. The van der Waals surface area contributed by atoms with Gasteiger partial charge in [-0.1, -0.05) is 13.8 Å². The first-order valence-corrected chi connectivity index (χ1v) is 12.6. The van der Waals surface area contributed by atoms with Gasteiger partial charge in [-0.3, -0.25) is 4.79 Å². The van der Waals surface area contributed by atoms with Crippen LogP contribution in [0.1, 0.15) is 48.7 Å². The minimum absolute atomic E-state index is 0.0373. The monoisotopic (exact) mass is 480 g/mol. The van der Waals surface area contributed by atoms with E-state index in [1.54, 1.807) is 17.5 Å². The summed E-state index contributed by atoms with van der Waals surface area (Å²) in [6, 6.07) is 5.65. The summed E-state index contributed by atoms with van der Waals surface area (Å²) in [4.78, 5) is 28.8. The van der Waals surface area contributed by atoms with Crippen LogP contribution in [-0.4, -0.2) is 40.4 Å². The van der Waals surface area contributed by atoms with E-state index in [0.717, 1.165) is 65.6 Å². The Labute approximate surface area is 202 Å². The molecule has 1 fully saturated rings. The second-order valence-corrected chi connectivity index (χ2v) is 10.3. The molecule has 2 aromatic heterocycles. The Bertz CT molecular complexity index is 1260. The zero-order chi connectivity index (χ0) is 23.8. The van der Waals surface area contributed by atoms with E-state index in [2.05, 4.69) is 31.0 Å². The molecule has 4 heterocycles. The molecule has 0 aliphatic carbocycles. The molecule has 178 valence electrons. The van der Waals surface area contributed by atoms with Gasteiger partial charge in [0.25, 0.3) is 0 Å². The number of hydrogen-bond acceptors (Lipinski definition) is 6. The van der Waals surface area contributed by atoms with Crippen molar-refractivity contribution in [2.24, 2.45) is 11.8 Å². The number of hydrogen-bond donors (Lipinski definition) is 1. The molecule has 0 amide bonds. The van der Waals surface area contributed by atoms with Crippen molar-refractivity contribution >= 4 is 17.3 Å². The van der Waals surface area contributed by atoms with Crippen molar-refractivity contribution in [1.82, 2.24) is 9.55 Å². The molecule has 2 aliphatic rings. The number of carbonyl (C=O) groups is 1. The third kappa shape index (κ3) is 4.28. The number of aromatic carboxylic acids is 1. The van der Waals surface area contributed by atoms with Crippen LogP contribution in [0, 0.1) is 11.8 Å². The molecule has 1 N–H and O–H groups in total. The number of benzene rings is 1. The molecule has 0 spiro atoms. The summed E-state index contributed by atoms with van der Waals surface area (Å²) in [5, 5.41) is 12.3. The summed E-state index contributed by atoms with van der Waals surface area (Å²) in [5.74, 6) is 0.321. The van der Waals surface area contributed by atoms with E-state index >= 15 is 0 Å². The molecule has 1 atom stereocenters. The molecule has 1 saturated heterocycles. The van der Waals surface area contributed by atoms with E-state index in [1.165, 1.54) is 12.3 Å². The summed E-state index contributed by atoms with van der Waals surface area (Å²) in [6.45, 7) is 6.41. The first-order valence-electron chi connectivity index (χ1n) is 11.7. The molecular formula is C26H28N2O5S. The molecule has 0 saturated carbocycles. The Balaban J connectivity index is 1.62. The number of aromatic nitrogens is 2. The number of nitrogens with zero attached hydrogens (tertiary/aromatic N) is 2. The Morgan fingerprint density at radius 2 is 2.06 bits per heavy atom. The van der Waals surface area contributed by atoms with Gasteiger partial charge < -0.3 is 19.1 Å². The second-order valence-electron chi connectivity index (χ2n) is 9.37. The normalized spacial score (nSPS) is 17.9. The van der Waals surface area contributed by atoms with Gasteiger partial charge in [0.15, 0.2) is 5.43 Å². The molecule has 1 unspecified atom stereocenters. The van der Waals surface area contributed by atoms with Crippen LogP contribution in [0.4, 0.5) is 0 Å². The van der Waals surface area contributed by atoms with Crippen LogP contribution >= 0.6 is 11.3 Å². The van der Waals surface area contributed by atoms with Crippen molar-refractivity contribution in [2.75, 3.05) is 19.8 Å². The summed E-state index contributed by atoms with van der Waals surface area (Å²) in [7, 11) is 0. The third-order valence-electron chi connectivity index (χ3n) is 6.83. The van der Waals surface area contributed by atoms with Gasteiger partial charge in [0.1, 0.15) is 16.3 Å². The fraction of sp³-hybridized carbons (Fsp3) is 0.423. The molecule has 0 radical (unpaired) electrons. The van der Waals surface area contributed by atoms with Crippen LogP contribution in [0.25, 0.3) is 21.8 Å². The molecular weight excluding hydrogens is 452 g/mol. The van der Waals surface area contributed by atoms with Crippen LogP contribution in [0.3, 0.4) is 0 Å². The number of thiazole rings is 1.